The van der Waals surface area contributed by atoms with Crippen molar-refractivity contribution >= 4 is 17.0 Å². The van der Waals surface area contributed by atoms with E-state index in [4.69, 9.17) is 9.72 Å². The van der Waals surface area contributed by atoms with E-state index in [1.165, 1.54) is 12.1 Å². The van der Waals surface area contributed by atoms with Gasteiger partial charge in [-0.15, -0.1) is 0 Å². The van der Waals surface area contributed by atoms with E-state index in [9.17, 15) is 18.7 Å². The summed E-state index contributed by atoms with van der Waals surface area (Å²) in [4.78, 5) is 17.3. The zero-order chi connectivity index (χ0) is 26.4. The smallest absolute Gasteiger partial charge is 0.337 e. The lowest BCUT2D eigenvalue weighted by Crippen LogP contribution is -2.28. The number of aryl methyl sites for hydroxylation is 3. The van der Waals surface area contributed by atoms with Gasteiger partial charge in [0.05, 0.1) is 5.60 Å². The molecule has 0 bridgehead atoms. The third kappa shape index (κ3) is 5.02. The Labute approximate surface area is 209 Å². The van der Waals surface area contributed by atoms with Crippen LogP contribution in [0.3, 0.4) is 0 Å². The van der Waals surface area contributed by atoms with Crippen molar-refractivity contribution in [2.75, 3.05) is 0 Å². The summed E-state index contributed by atoms with van der Waals surface area (Å²) in [5.41, 5.74) is 5.26. The van der Waals surface area contributed by atoms with Crippen molar-refractivity contribution in [2.45, 2.75) is 59.8 Å². The third-order valence-corrected chi connectivity index (χ3v) is 6.08. The predicted octanol–water partition coefficient (Wildman–Crippen LogP) is 6.90. The fraction of sp³-hybridized carbons (Fsp3) is 0.310. The summed E-state index contributed by atoms with van der Waals surface area (Å²) in [6.07, 6.45) is 0.599. The van der Waals surface area contributed by atoms with Crippen molar-refractivity contribution in [3.63, 3.8) is 0 Å². The summed E-state index contributed by atoms with van der Waals surface area (Å²) in [6.45, 7) is 11.5. The minimum atomic E-state index is -1.23. The second-order valence-corrected chi connectivity index (χ2v) is 10.2. The number of nitrogens with zero attached hydrogens (tertiary/aromatic N) is 2. The van der Waals surface area contributed by atoms with Gasteiger partial charge in [0.25, 0.3) is 0 Å². The monoisotopic (exact) mass is 492 g/mol. The van der Waals surface area contributed by atoms with Crippen LogP contribution in [0.15, 0.2) is 48.7 Å². The Morgan fingerprint density at radius 3 is 2.39 bits per heavy atom. The minimum Gasteiger partial charge on any atom is -0.479 e. The van der Waals surface area contributed by atoms with Crippen LogP contribution < -0.4 is 0 Å². The summed E-state index contributed by atoms with van der Waals surface area (Å²) >= 11 is 0. The van der Waals surface area contributed by atoms with E-state index in [-0.39, 0.29) is 6.54 Å². The van der Waals surface area contributed by atoms with E-state index < -0.39 is 29.3 Å². The Kier molecular flexibility index (Phi) is 6.71. The average Bonchev–Trinajstić information content (AvgIpc) is 3.15. The number of pyridine rings is 1. The Morgan fingerprint density at radius 1 is 1.06 bits per heavy atom. The molecule has 1 atom stereocenters. The van der Waals surface area contributed by atoms with E-state index >= 15 is 0 Å². The number of fused-ring (bicyclic) bond motifs is 1. The first kappa shape index (κ1) is 25.5. The third-order valence-electron chi connectivity index (χ3n) is 6.08. The average molecular weight is 493 g/mol. The molecule has 0 fully saturated rings. The molecule has 0 aliphatic heterocycles. The van der Waals surface area contributed by atoms with Crippen LogP contribution in [0.25, 0.3) is 22.2 Å². The van der Waals surface area contributed by atoms with Crippen molar-refractivity contribution in [3.05, 3.63) is 88.2 Å². The van der Waals surface area contributed by atoms with Gasteiger partial charge in [-0.1, -0.05) is 29.8 Å². The van der Waals surface area contributed by atoms with Crippen LogP contribution in [0.4, 0.5) is 8.78 Å². The molecule has 4 aromatic rings. The second-order valence-electron chi connectivity index (χ2n) is 10.2. The number of rotatable bonds is 6. The van der Waals surface area contributed by atoms with Crippen LogP contribution in [-0.4, -0.2) is 26.2 Å². The van der Waals surface area contributed by atoms with Gasteiger partial charge in [0, 0.05) is 34.9 Å². The highest BCUT2D eigenvalue weighted by Crippen LogP contribution is 2.41. The molecule has 2 aromatic carbocycles. The van der Waals surface area contributed by atoms with E-state index in [0.717, 1.165) is 33.7 Å². The molecule has 0 aliphatic rings. The van der Waals surface area contributed by atoms with Crippen LogP contribution in [-0.2, 0) is 16.1 Å². The number of carboxylic acid groups (broad SMARTS) is 1. The summed E-state index contributed by atoms with van der Waals surface area (Å²) in [5, 5.41) is 11.0. The maximum Gasteiger partial charge on any atom is 0.337 e. The summed E-state index contributed by atoms with van der Waals surface area (Å²) < 4.78 is 35.2. The lowest BCUT2D eigenvalue weighted by Gasteiger charge is -2.28. The number of benzene rings is 2. The molecule has 2 heterocycles. The van der Waals surface area contributed by atoms with Crippen LogP contribution >= 0.6 is 0 Å². The second kappa shape index (κ2) is 9.47. The highest BCUT2D eigenvalue weighted by atomic mass is 19.2. The molecule has 5 nitrogen and oxygen atoms in total. The lowest BCUT2D eigenvalue weighted by molar-refractivity contribution is -0.160. The molecular weight excluding hydrogens is 462 g/mol. The predicted molar refractivity (Wildman–Crippen MR) is 136 cm³/mol. The van der Waals surface area contributed by atoms with Gasteiger partial charge in [0.15, 0.2) is 17.7 Å². The van der Waals surface area contributed by atoms with Gasteiger partial charge in [-0.2, -0.15) is 0 Å². The normalized spacial score (nSPS) is 12.8. The summed E-state index contributed by atoms with van der Waals surface area (Å²) in [6, 6.07) is 11.7. The van der Waals surface area contributed by atoms with E-state index in [1.807, 2.05) is 63.6 Å². The first-order valence-electron chi connectivity index (χ1n) is 11.8. The largest absolute Gasteiger partial charge is 0.479 e. The standard InChI is InChI=1S/C29H30F2N2O3/c1-16-7-9-20(17(2)13-16)25-21-11-12-33(15-19-8-10-22(30)23(31)14-19)27(21)32-18(3)24(25)26(28(34)35)36-29(4,5)6/h7-14,26H,15H2,1-6H3,(H,34,35)/t26-/m0/s1. The number of aromatic nitrogens is 2. The van der Waals surface area contributed by atoms with Crippen molar-refractivity contribution in [3.8, 4) is 11.1 Å². The number of ether oxygens (including phenoxy) is 1. The number of halogens is 2. The number of carboxylic acids is 1. The van der Waals surface area contributed by atoms with E-state index in [2.05, 4.69) is 6.07 Å². The number of carbonyl (C=O) groups is 1. The van der Waals surface area contributed by atoms with Gasteiger partial charge in [-0.3, -0.25) is 0 Å². The Morgan fingerprint density at radius 2 is 1.78 bits per heavy atom. The molecule has 0 saturated carbocycles. The maximum absolute atomic E-state index is 13.8. The molecule has 0 spiro atoms. The first-order valence-corrected chi connectivity index (χ1v) is 11.8. The van der Waals surface area contributed by atoms with Crippen LogP contribution in [0, 0.1) is 32.4 Å². The zero-order valence-corrected chi connectivity index (χ0v) is 21.3. The van der Waals surface area contributed by atoms with Gasteiger partial charge in [0.1, 0.15) is 5.65 Å². The van der Waals surface area contributed by atoms with E-state index in [0.29, 0.717) is 22.5 Å². The SMILES string of the molecule is Cc1ccc(-c2c([C@H](OC(C)(C)C)C(=O)O)c(C)nc3c2ccn3Cc2ccc(F)c(F)c2)c(C)c1. The molecule has 188 valence electrons. The molecule has 0 radical (unpaired) electrons. The number of hydrogen-bond donors (Lipinski definition) is 1. The number of aliphatic carboxylic acids is 1. The molecule has 4 rings (SSSR count). The van der Waals surface area contributed by atoms with Crippen LogP contribution in [0.5, 0.6) is 0 Å². The molecular formula is C29H30F2N2O3. The van der Waals surface area contributed by atoms with Gasteiger partial charge in [-0.05, 0) is 76.4 Å². The van der Waals surface area contributed by atoms with Crippen LogP contribution in [0.1, 0.15) is 54.8 Å². The first-order chi connectivity index (χ1) is 16.9. The molecule has 36 heavy (non-hydrogen) atoms. The Bertz CT molecular complexity index is 1470. The summed E-state index contributed by atoms with van der Waals surface area (Å²) in [7, 11) is 0. The van der Waals surface area contributed by atoms with Gasteiger partial charge in [-0.25, -0.2) is 18.6 Å². The molecule has 0 saturated heterocycles. The van der Waals surface area contributed by atoms with Gasteiger partial charge < -0.3 is 14.4 Å². The van der Waals surface area contributed by atoms with Crippen molar-refractivity contribution in [2.24, 2.45) is 0 Å². The number of hydrogen-bond acceptors (Lipinski definition) is 3. The van der Waals surface area contributed by atoms with Crippen LogP contribution in [0.2, 0.25) is 0 Å². The minimum absolute atomic E-state index is 0.277. The zero-order valence-electron chi connectivity index (χ0n) is 21.3. The lowest BCUT2D eigenvalue weighted by atomic mass is 9.89. The molecule has 0 amide bonds. The topological polar surface area (TPSA) is 64.3 Å². The molecule has 7 heteroatoms. The Balaban J connectivity index is 1.99. The molecule has 2 aromatic heterocycles. The highest BCUT2D eigenvalue weighted by molar-refractivity contribution is 5.98. The quantitative estimate of drug-likeness (QED) is 0.318. The molecule has 0 unspecified atom stereocenters. The van der Waals surface area contributed by atoms with Gasteiger partial charge in [0.2, 0.25) is 0 Å². The van der Waals surface area contributed by atoms with E-state index in [1.54, 1.807) is 6.92 Å². The van der Waals surface area contributed by atoms with Crippen molar-refractivity contribution < 1.29 is 23.4 Å². The molecule has 0 aliphatic carbocycles. The fourth-order valence-corrected chi connectivity index (χ4v) is 4.58. The Hall–Kier alpha value is -3.58. The van der Waals surface area contributed by atoms with Crippen molar-refractivity contribution in [1.82, 2.24) is 9.55 Å². The maximum atomic E-state index is 13.8. The van der Waals surface area contributed by atoms with Crippen molar-refractivity contribution in [1.29, 1.82) is 0 Å². The van der Waals surface area contributed by atoms with Gasteiger partial charge >= 0.3 is 5.97 Å². The summed E-state index contributed by atoms with van der Waals surface area (Å²) in [5.74, 6) is -2.90. The molecule has 1 N–H and O–H groups in total. The highest BCUT2D eigenvalue weighted by Gasteiger charge is 2.33. The fourth-order valence-electron chi connectivity index (χ4n) is 4.58.